The number of nitrogens with zero attached hydrogens (tertiary/aromatic N) is 4. The summed E-state index contributed by atoms with van der Waals surface area (Å²) in [4.78, 5) is 0. The number of nitrogen functional groups attached to an aromatic ring is 1. The normalized spacial score (nSPS) is 26.8. The number of rotatable bonds is 4. The van der Waals surface area contributed by atoms with Gasteiger partial charge in [0.25, 0.3) is 0 Å². The Balaban J connectivity index is 1.45. The third kappa shape index (κ3) is 2.94. The number of hydrogen-bond acceptors (Lipinski definition) is 8. The van der Waals surface area contributed by atoms with E-state index in [1.165, 1.54) is 43.4 Å². The number of anilines is 2. The molecule has 2 aliphatic carbocycles. The molecule has 0 aromatic carbocycles. The summed E-state index contributed by atoms with van der Waals surface area (Å²) < 4.78 is 0. The van der Waals surface area contributed by atoms with Crippen LogP contribution in [0.5, 0.6) is 0 Å². The van der Waals surface area contributed by atoms with Crippen LogP contribution in [0.25, 0.3) is 0 Å². The minimum absolute atomic E-state index is 0.260. The zero-order valence-corrected chi connectivity index (χ0v) is 14.2. The molecule has 2 heterocycles. The molecular formula is C14H20N6S2. The van der Waals surface area contributed by atoms with Crippen LogP contribution in [0, 0.1) is 0 Å². The highest BCUT2D eigenvalue weighted by atomic mass is 32.1. The minimum atomic E-state index is 0.260. The van der Waals surface area contributed by atoms with Gasteiger partial charge in [0.15, 0.2) is 0 Å². The van der Waals surface area contributed by atoms with Crippen LogP contribution < -0.4 is 11.1 Å². The van der Waals surface area contributed by atoms with E-state index >= 15 is 0 Å². The summed E-state index contributed by atoms with van der Waals surface area (Å²) in [7, 11) is 0. The molecule has 2 atom stereocenters. The van der Waals surface area contributed by atoms with E-state index in [4.69, 9.17) is 5.73 Å². The van der Waals surface area contributed by atoms with Crippen molar-refractivity contribution in [3.8, 4) is 0 Å². The maximum atomic E-state index is 5.72. The van der Waals surface area contributed by atoms with Gasteiger partial charge in [0, 0.05) is 17.4 Å². The standard InChI is InChI=1S/C14H20N6S2/c1-14(5-6-14)16-13-20-18-11(22-13)9-4-2-3-8(7-9)10-17-19-12(15)21-10/h8-9H,2-7H2,1H3,(H2,15,19)(H,16,20). The predicted octanol–water partition coefficient (Wildman–Crippen LogP) is 3.38. The van der Waals surface area contributed by atoms with Gasteiger partial charge >= 0.3 is 0 Å². The van der Waals surface area contributed by atoms with Crippen molar-refractivity contribution in [1.82, 2.24) is 20.4 Å². The molecule has 0 saturated heterocycles. The Morgan fingerprint density at radius 3 is 2.36 bits per heavy atom. The molecule has 4 rings (SSSR count). The highest BCUT2D eigenvalue weighted by Crippen LogP contribution is 2.44. The molecule has 0 bridgehead atoms. The molecule has 118 valence electrons. The van der Waals surface area contributed by atoms with Crippen LogP contribution in [0.1, 0.15) is 67.3 Å². The Bertz CT molecular complexity index is 662. The lowest BCUT2D eigenvalue weighted by Gasteiger charge is -2.25. The van der Waals surface area contributed by atoms with Crippen molar-refractivity contribution in [2.45, 2.75) is 62.8 Å². The van der Waals surface area contributed by atoms with Gasteiger partial charge in [0.2, 0.25) is 10.3 Å². The zero-order chi connectivity index (χ0) is 15.2. The molecule has 6 nitrogen and oxygen atoms in total. The van der Waals surface area contributed by atoms with Gasteiger partial charge in [-0.05, 0) is 39.0 Å². The van der Waals surface area contributed by atoms with Crippen LogP contribution in [-0.2, 0) is 0 Å². The average Bonchev–Trinajstić information content (AvgIpc) is 2.92. The van der Waals surface area contributed by atoms with Crippen molar-refractivity contribution in [3.63, 3.8) is 0 Å². The molecule has 2 fully saturated rings. The van der Waals surface area contributed by atoms with Gasteiger partial charge in [-0.1, -0.05) is 29.1 Å². The van der Waals surface area contributed by atoms with E-state index in [2.05, 4.69) is 32.6 Å². The second-order valence-electron chi connectivity index (χ2n) is 6.67. The molecule has 8 heteroatoms. The number of hydrogen-bond donors (Lipinski definition) is 2. The fourth-order valence-electron chi connectivity index (χ4n) is 3.07. The maximum absolute atomic E-state index is 5.72. The van der Waals surface area contributed by atoms with E-state index in [9.17, 15) is 0 Å². The molecule has 2 aliphatic rings. The summed E-state index contributed by atoms with van der Waals surface area (Å²) in [6.07, 6.45) is 7.11. The first-order valence-corrected chi connectivity index (χ1v) is 9.45. The Morgan fingerprint density at radius 1 is 1.05 bits per heavy atom. The smallest absolute Gasteiger partial charge is 0.206 e. The Hall–Kier alpha value is -1.28. The van der Waals surface area contributed by atoms with Gasteiger partial charge in [0.1, 0.15) is 10.0 Å². The van der Waals surface area contributed by atoms with Crippen molar-refractivity contribution in [3.05, 3.63) is 10.0 Å². The van der Waals surface area contributed by atoms with E-state index < -0.39 is 0 Å². The van der Waals surface area contributed by atoms with E-state index in [1.54, 1.807) is 11.3 Å². The Labute approximate surface area is 137 Å². The zero-order valence-electron chi connectivity index (χ0n) is 12.6. The highest BCUT2D eigenvalue weighted by molar-refractivity contribution is 7.15. The largest absolute Gasteiger partial charge is 0.374 e. The van der Waals surface area contributed by atoms with Gasteiger partial charge in [-0.3, -0.25) is 0 Å². The predicted molar refractivity (Wildman–Crippen MR) is 89.4 cm³/mol. The average molecular weight is 336 g/mol. The summed E-state index contributed by atoms with van der Waals surface area (Å²) in [6.45, 7) is 2.24. The molecule has 3 N–H and O–H groups in total. The molecule has 0 spiro atoms. The lowest BCUT2D eigenvalue weighted by molar-refractivity contribution is 0.390. The van der Waals surface area contributed by atoms with Crippen molar-refractivity contribution in [2.24, 2.45) is 0 Å². The summed E-state index contributed by atoms with van der Waals surface area (Å²) in [6, 6.07) is 0. The molecule has 0 radical (unpaired) electrons. The fraction of sp³-hybridized carbons (Fsp3) is 0.714. The number of nitrogens with two attached hydrogens (primary N) is 1. The number of nitrogens with one attached hydrogen (secondary N) is 1. The molecule has 2 aromatic heterocycles. The first-order valence-electron chi connectivity index (χ1n) is 7.82. The van der Waals surface area contributed by atoms with Crippen LogP contribution >= 0.6 is 22.7 Å². The summed E-state index contributed by atoms with van der Waals surface area (Å²) in [5, 5.41) is 24.2. The van der Waals surface area contributed by atoms with Gasteiger partial charge < -0.3 is 11.1 Å². The van der Waals surface area contributed by atoms with Crippen LogP contribution in [0.3, 0.4) is 0 Å². The maximum Gasteiger partial charge on any atom is 0.206 e. The van der Waals surface area contributed by atoms with Gasteiger partial charge in [-0.2, -0.15) is 0 Å². The van der Waals surface area contributed by atoms with Gasteiger partial charge in [-0.15, -0.1) is 20.4 Å². The Morgan fingerprint density at radius 2 is 1.73 bits per heavy atom. The molecule has 2 aromatic rings. The number of aromatic nitrogens is 4. The van der Waals surface area contributed by atoms with Gasteiger partial charge in [-0.25, -0.2) is 0 Å². The summed E-state index contributed by atoms with van der Waals surface area (Å²) in [5.74, 6) is 0.957. The summed E-state index contributed by atoms with van der Waals surface area (Å²) in [5.41, 5.74) is 5.98. The molecule has 22 heavy (non-hydrogen) atoms. The first-order chi connectivity index (χ1) is 10.6. The van der Waals surface area contributed by atoms with E-state index in [0.717, 1.165) is 21.6 Å². The van der Waals surface area contributed by atoms with E-state index in [0.29, 0.717) is 17.0 Å². The van der Waals surface area contributed by atoms with Crippen LogP contribution in [0.2, 0.25) is 0 Å². The molecule has 0 aliphatic heterocycles. The van der Waals surface area contributed by atoms with Crippen molar-refractivity contribution < 1.29 is 0 Å². The lowest BCUT2D eigenvalue weighted by atomic mass is 9.82. The second kappa shape index (κ2) is 5.42. The monoisotopic (exact) mass is 336 g/mol. The third-order valence-electron chi connectivity index (χ3n) is 4.68. The third-order valence-corrected chi connectivity index (χ3v) is 6.59. The van der Waals surface area contributed by atoms with E-state index in [-0.39, 0.29) is 5.54 Å². The first kappa shape index (κ1) is 14.3. The minimum Gasteiger partial charge on any atom is -0.374 e. The summed E-state index contributed by atoms with van der Waals surface area (Å²) >= 11 is 3.24. The molecule has 2 saturated carbocycles. The van der Waals surface area contributed by atoms with E-state index in [1.807, 2.05) is 0 Å². The molecule has 0 amide bonds. The molecular weight excluding hydrogens is 316 g/mol. The Kier molecular flexibility index (Phi) is 3.53. The SMILES string of the molecule is CC1(Nc2nnc(C3CCCC(c4nnc(N)s4)C3)s2)CC1. The van der Waals surface area contributed by atoms with Crippen molar-refractivity contribution >= 4 is 32.9 Å². The highest BCUT2D eigenvalue weighted by Gasteiger charge is 2.38. The van der Waals surface area contributed by atoms with Crippen molar-refractivity contribution in [2.75, 3.05) is 11.1 Å². The van der Waals surface area contributed by atoms with Crippen LogP contribution in [0.15, 0.2) is 0 Å². The second-order valence-corrected chi connectivity index (χ2v) is 8.72. The fourth-order valence-corrected chi connectivity index (χ4v) is 4.87. The van der Waals surface area contributed by atoms with Crippen molar-refractivity contribution in [1.29, 1.82) is 0 Å². The topological polar surface area (TPSA) is 89.6 Å². The lowest BCUT2D eigenvalue weighted by Crippen LogP contribution is -2.15. The van der Waals surface area contributed by atoms with Gasteiger partial charge in [0.05, 0.1) is 0 Å². The van der Waals surface area contributed by atoms with Crippen LogP contribution in [-0.4, -0.2) is 25.9 Å². The molecule has 2 unspecified atom stereocenters. The van der Waals surface area contributed by atoms with Crippen LogP contribution in [0.4, 0.5) is 10.3 Å². The quantitative estimate of drug-likeness (QED) is 0.889.